The first-order valence-corrected chi connectivity index (χ1v) is 10.2. The maximum Gasteiger partial charge on any atom is 0.264 e. The van der Waals surface area contributed by atoms with Gasteiger partial charge in [-0.05, 0) is 55.7 Å². The monoisotopic (exact) mass is 419 g/mol. The molecule has 0 fully saturated rings. The Hall–Kier alpha value is -1.85. The van der Waals surface area contributed by atoms with Crippen molar-refractivity contribution in [2.45, 2.75) is 18.2 Å². The third-order valence-corrected chi connectivity index (χ3v) is 6.26. The van der Waals surface area contributed by atoms with Crippen LogP contribution in [-0.4, -0.2) is 15.0 Å². The minimum Gasteiger partial charge on any atom is -0.266 e. The summed E-state index contributed by atoms with van der Waals surface area (Å²) in [5.74, 6) is -0.0126. The van der Waals surface area contributed by atoms with E-state index in [1.807, 2.05) is 19.1 Å². The topological polar surface area (TPSA) is 37.4 Å². The number of hydrogen-bond acceptors (Lipinski definition) is 2. The Kier molecular flexibility index (Phi) is 6.62. The lowest BCUT2D eigenvalue weighted by Gasteiger charge is -2.27. The molecule has 0 spiro atoms. The van der Waals surface area contributed by atoms with Crippen LogP contribution in [0, 0.1) is 12.8 Å². The molecule has 0 aromatic heterocycles. The Balaban J connectivity index is 2.48. The van der Waals surface area contributed by atoms with Crippen LogP contribution in [0.15, 0.2) is 83.2 Å². The number of rotatable bonds is 8. The summed E-state index contributed by atoms with van der Waals surface area (Å²) in [5, 5.41) is 0. The van der Waals surface area contributed by atoms with Gasteiger partial charge in [0, 0.05) is 11.0 Å². The van der Waals surface area contributed by atoms with E-state index in [1.54, 1.807) is 48.6 Å². The van der Waals surface area contributed by atoms with Crippen LogP contribution in [0.5, 0.6) is 0 Å². The second-order valence-electron chi connectivity index (χ2n) is 5.85. The summed E-state index contributed by atoms with van der Waals surface area (Å²) in [6, 6.07) is 14.2. The number of halogens is 1. The Bertz CT molecular complexity index is 827. The zero-order valence-electron chi connectivity index (χ0n) is 14.2. The lowest BCUT2D eigenvalue weighted by Crippen LogP contribution is -2.35. The van der Waals surface area contributed by atoms with E-state index in [4.69, 9.17) is 0 Å². The Morgan fingerprint density at radius 1 is 1.08 bits per heavy atom. The molecule has 0 amide bonds. The minimum atomic E-state index is -3.67. The van der Waals surface area contributed by atoms with Gasteiger partial charge < -0.3 is 0 Å². The number of hydrogen-bond donors (Lipinski definition) is 0. The summed E-state index contributed by atoms with van der Waals surface area (Å²) < 4.78 is 28.8. The van der Waals surface area contributed by atoms with E-state index in [2.05, 4.69) is 29.1 Å². The number of sulfonamides is 1. The molecule has 0 saturated heterocycles. The summed E-state index contributed by atoms with van der Waals surface area (Å²) >= 11 is 3.39. The van der Waals surface area contributed by atoms with Crippen molar-refractivity contribution in [2.75, 3.05) is 10.8 Å². The average Bonchev–Trinajstić information content (AvgIpc) is 2.60. The highest BCUT2D eigenvalue weighted by atomic mass is 79.9. The van der Waals surface area contributed by atoms with Crippen LogP contribution in [0.3, 0.4) is 0 Å². The van der Waals surface area contributed by atoms with Crippen molar-refractivity contribution in [3.05, 3.63) is 83.9 Å². The lowest BCUT2D eigenvalue weighted by atomic mass is 10.1. The predicted octanol–water partition coefficient (Wildman–Crippen LogP) is 5.33. The second kappa shape index (κ2) is 8.50. The molecule has 25 heavy (non-hydrogen) atoms. The average molecular weight is 420 g/mol. The first-order valence-electron chi connectivity index (χ1n) is 7.97. The van der Waals surface area contributed by atoms with Gasteiger partial charge in [0.25, 0.3) is 10.0 Å². The summed E-state index contributed by atoms with van der Waals surface area (Å²) in [5.41, 5.74) is 1.64. The first-order chi connectivity index (χ1) is 11.9. The fourth-order valence-corrected chi connectivity index (χ4v) is 4.25. The summed E-state index contributed by atoms with van der Waals surface area (Å²) in [4.78, 5) is 0.280. The van der Waals surface area contributed by atoms with Crippen molar-refractivity contribution in [3.8, 4) is 0 Å². The van der Waals surface area contributed by atoms with Gasteiger partial charge in [0.15, 0.2) is 0 Å². The van der Waals surface area contributed by atoms with Crippen LogP contribution in [-0.2, 0) is 10.0 Å². The third-order valence-electron chi connectivity index (χ3n) is 3.93. The second-order valence-corrected chi connectivity index (χ2v) is 8.62. The quantitative estimate of drug-likeness (QED) is 0.542. The van der Waals surface area contributed by atoms with Gasteiger partial charge in [-0.25, -0.2) is 8.42 Å². The van der Waals surface area contributed by atoms with Gasteiger partial charge in [-0.1, -0.05) is 45.8 Å². The molecule has 0 radical (unpaired) electrons. The summed E-state index contributed by atoms with van der Waals surface area (Å²) in [7, 11) is -3.67. The van der Waals surface area contributed by atoms with Gasteiger partial charge in [0.05, 0.1) is 10.6 Å². The number of allylic oxidation sites excluding steroid dienone is 1. The molecule has 0 heterocycles. The number of anilines is 1. The predicted molar refractivity (Wildman–Crippen MR) is 108 cm³/mol. The maximum atomic E-state index is 13.2. The van der Waals surface area contributed by atoms with Crippen molar-refractivity contribution < 1.29 is 8.42 Å². The molecule has 0 aliphatic rings. The molecule has 2 aromatic carbocycles. The van der Waals surface area contributed by atoms with Crippen LogP contribution >= 0.6 is 15.9 Å². The molecule has 3 nitrogen and oxygen atoms in total. The van der Waals surface area contributed by atoms with Crippen LogP contribution < -0.4 is 4.31 Å². The Morgan fingerprint density at radius 3 is 2.20 bits per heavy atom. The van der Waals surface area contributed by atoms with E-state index >= 15 is 0 Å². The largest absolute Gasteiger partial charge is 0.266 e. The zero-order chi connectivity index (χ0) is 18.4. The van der Waals surface area contributed by atoms with E-state index in [-0.39, 0.29) is 10.8 Å². The van der Waals surface area contributed by atoms with Gasteiger partial charge in [-0.2, -0.15) is 0 Å². The highest BCUT2D eigenvalue weighted by molar-refractivity contribution is 9.10. The highest BCUT2D eigenvalue weighted by Crippen LogP contribution is 2.27. The molecule has 0 unspecified atom stereocenters. The molecule has 132 valence electrons. The molecule has 0 saturated carbocycles. The van der Waals surface area contributed by atoms with Gasteiger partial charge in [0.1, 0.15) is 0 Å². The fraction of sp³-hybridized carbons (Fsp3) is 0.200. The van der Waals surface area contributed by atoms with E-state index in [1.165, 1.54) is 4.31 Å². The minimum absolute atomic E-state index is 0.0126. The lowest BCUT2D eigenvalue weighted by molar-refractivity contribution is 0.580. The van der Waals surface area contributed by atoms with Crippen LogP contribution in [0.25, 0.3) is 0 Å². The molecule has 5 heteroatoms. The van der Waals surface area contributed by atoms with Crippen molar-refractivity contribution in [2.24, 2.45) is 5.92 Å². The fourth-order valence-electron chi connectivity index (χ4n) is 2.46. The SMILES string of the molecule is C=CC[C@@H](C=C)CN(c1ccc(Br)cc1)S(=O)(=O)c1ccc(C)cc1. The Morgan fingerprint density at radius 2 is 1.68 bits per heavy atom. The molecule has 0 aliphatic heterocycles. The molecular weight excluding hydrogens is 398 g/mol. The van der Waals surface area contributed by atoms with Crippen LogP contribution in [0.1, 0.15) is 12.0 Å². The first kappa shape index (κ1) is 19.5. The van der Waals surface area contributed by atoms with Crippen LogP contribution in [0.2, 0.25) is 0 Å². The van der Waals surface area contributed by atoms with E-state index in [0.717, 1.165) is 10.0 Å². The van der Waals surface area contributed by atoms with Gasteiger partial charge in [-0.15, -0.1) is 13.2 Å². The maximum absolute atomic E-state index is 13.2. The summed E-state index contributed by atoms with van der Waals surface area (Å²) in [6.07, 6.45) is 4.22. The molecular formula is C20H22BrNO2S. The third kappa shape index (κ3) is 4.83. The van der Waals surface area contributed by atoms with E-state index in [9.17, 15) is 8.42 Å². The smallest absolute Gasteiger partial charge is 0.264 e. The molecule has 0 aliphatic carbocycles. The van der Waals surface area contributed by atoms with E-state index < -0.39 is 10.0 Å². The molecule has 1 atom stereocenters. The van der Waals surface area contributed by atoms with Gasteiger partial charge in [-0.3, -0.25) is 4.31 Å². The van der Waals surface area contributed by atoms with Crippen molar-refractivity contribution in [1.29, 1.82) is 0 Å². The van der Waals surface area contributed by atoms with Crippen molar-refractivity contribution in [3.63, 3.8) is 0 Å². The Labute approximate surface area is 158 Å². The van der Waals surface area contributed by atoms with E-state index in [0.29, 0.717) is 18.7 Å². The normalized spacial score (nSPS) is 12.4. The number of aryl methyl sites for hydroxylation is 1. The molecule has 2 rings (SSSR count). The highest BCUT2D eigenvalue weighted by Gasteiger charge is 2.26. The molecule has 0 bridgehead atoms. The standard InChI is InChI=1S/C20H22BrNO2S/c1-4-6-17(5-2)15-22(19-11-9-18(21)10-12-19)25(23,24)20-13-7-16(3)8-14-20/h4-5,7-14,17H,1-2,6,15H2,3H3/t17-/m1/s1. The van der Waals surface area contributed by atoms with Crippen molar-refractivity contribution in [1.82, 2.24) is 0 Å². The van der Waals surface area contributed by atoms with Crippen LogP contribution in [0.4, 0.5) is 5.69 Å². The molecule has 0 N–H and O–H groups in total. The summed E-state index contributed by atoms with van der Waals surface area (Å²) in [6.45, 7) is 9.82. The number of nitrogens with zero attached hydrogens (tertiary/aromatic N) is 1. The van der Waals surface area contributed by atoms with Gasteiger partial charge >= 0.3 is 0 Å². The van der Waals surface area contributed by atoms with Gasteiger partial charge in [0.2, 0.25) is 0 Å². The molecule has 2 aromatic rings. The van der Waals surface area contributed by atoms with Crippen molar-refractivity contribution >= 4 is 31.6 Å². The zero-order valence-corrected chi connectivity index (χ0v) is 16.6. The number of benzene rings is 2.